The van der Waals surface area contributed by atoms with Crippen LogP contribution in [0.1, 0.15) is 11.1 Å². The molecule has 17 heavy (non-hydrogen) atoms. The smallest absolute Gasteiger partial charge is 0.127 e. The van der Waals surface area contributed by atoms with E-state index in [0.717, 1.165) is 22.2 Å². The van der Waals surface area contributed by atoms with Crippen LogP contribution in [0, 0.1) is 0 Å². The molecule has 0 amide bonds. The molecule has 0 aromatic heterocycles. The lowest BCUT2D eigenvalue weighted by Crippen LogP contribution is -1.87. The van der Waals surface area contributed by atoms with Crippen molar-refractivity contribution in [2.75, 3.05) is 0 Å². The van der Waals surface area contributed by atoms with Crippen molar-refractivity contribution < 1.29 is 4.74 Å². The Kier molecular flexibility index (Phi) is 4.63. The summed E-state index contributed by atoms with van der Waals surface area (Å²) >= 11 is 6.88. The summed E-state index contributed by atoms with van der Waals surface area (Å²) in [6.45, 7) is 0. The van der Waals surface area contributed by atoms with Crippen LogP contribution in [0.3, 0.4) is 0 Å². The van der Waals surface area contributed by atoms with E-state index in [1.165, 1.54) is 11.1 Å². The molecule has 0 atom stereocenters. The zero-order chi connectivity index (χ0) is 12.1. The molecular formula is C14H12Br2O. The molecule has 0 aliphatic carbocycles. The highest BCUT2D eigenvalue weighted by molar-refractivity contribution is 9.08. The first kappa shape index (κ1) is 12.7. The molecule has 0 heterocycles. The van der Waals surface area contributed by atoms with Gasteiger partial charge in [-0.15, -0.1) is 0 Å². The minimum atomic E-state index is 0.839. The zero-order valence-corrected chi connectivity index (χ0v) is 12.4. The highest BCUT2D eigenvalue weighted by Gasteiger charge is 1.99. The third-order valence-electron chi connectivity index (χ3n) is 2.34. The van der Waals surface area contributed by atoms with Crippen LogP contribution in [0.2, 0.25) is 0 Å². The molecule has 0 N–H and O–H groups in total. The molecule has 88 valence electrons. The Hall–Kier alpha value is -0.800. The van der Waals surface area contributed by atoms with Gasteiger partial charge in [0.1, 0.15) is 11.5 Å². The van der Waals surface area contributed by atoms with E-state index >= 15 is 0 Å². The predicted octanol–water partition coefficient (Wildman–Crippen LogP) is 5.27. The Labute approximate surface area is 118 Å². The summed E-state index contributed by atoms with van der Waals surface area (Å²) in [4.78, 5) is 0. The van der Waals surface area contributed by atoms with Crippen molar-refractivity contribution in [3.05, 3.63) is 59.7 Å². The molecule has 0 aliphatic heterocycles. The van der Waals surface area contributed by atoms with Gasteiger partial charge in [0.15, 0.2) is 0 Å². The fourth-order valence-electron chi connectivity index (χ4n) is 1.52. The average Bonchev–Trinajstić information content (AvgIpc) is 2.39. The van der Waals surface area contributed by atoms with Crippen LogP contribution in [0.25, 0.3) is 0 Å². The summed E-state index contributed by atoms with van der Waals surface area (Å²) < 4.78 is 5.82. The van der Waals surface area contributed by atoms with E-state index in [2.05, 4.69) is 44.0 Å². The molecule has 0 bridgehead atoms. The third kappa shape index (κ3) is 3.58. The van der Waals surface area contributed by atoms with Gasteiger partial charge in [0.05, 0.1) is 0 Å². The Balaban J connectivity index is 2.18. The molecule has 0 saturated heterocycles. The van der Waals surface area contributed by atoms with Crippen molar-refractivity contribution >= 4 is 31.9 Å². The van der Waals surface area contributed by atoms with Gasteiger partial charge in [0.25, 0.3) is 0 Å². The molecule has 0 aliphatic rings. The molecule has 0 unspecified atom stereocenters. The first-order valence-corrected chi connectivity index (χ1v) is 7.54. The van der Waals surface area contributed by atoms with Crippen molar-refractivity contribution in [2.45, 2.75) is 10.7 Å². The highest BCUT2D eigenvalue weighted by atomic mass is 79.9. The molecule has 0 fully saturated rings. The average molecular weight is 356 g/mol. The van der Waals surface area contributed by atoms with E-state index in [0.29, 0.717) is 0 Å². The van der Waals surface area contributed by atoms with Gasteiger partial charge in [-0.05, 0) is 35.4 Å². The van der Waals surface area contributed by atoms with Crippen LogP contribution in [0.15, 0.2) is 48.5 Å². The standard InChI is InChI=1S/C14H12Br2O/c15-9-11-3-1-5-13(7-11)17-14-6-2-4-12(8-14)10-16/h1-8H,9-10H2. The Morgan fingerprint density at radius 1 is 0.765 bits per heavy atom. The van der Waals surface area contributed by atoms with Crippen molar-refractivity contribution in [1.82, 2.24) is 0 Å². The van der Waals surface area contributed by atoms with Gasteiger partial charge in [-0.2, -0.15) is 0 Å². The van der Waals surface area contributed by atoms with Crippen LogP contribution < -0.4 is 4.74 Å². The summed E-state index contributed by atoms with van der Waals surface area (Å²) in [5, 5.41) is 1.68. The lowest BCUT2D eigenvalue weighted by atomic mass is 10.2. The SMILES string of the molecule is BrCc1cccc(Oc2cccc(CBr)c2)c1. The highest BCUT2D eigenvalue weighted by Crippen LogP contribution is 2.24. The predicted molar refractivity (Wildman–Crippen MR) is 78.2 cm³/mol. The van der Waals surface area contributed by atoms with E-state index in [-0.39, 0.29) is 0 Å². The number of halogens is 2. The minimum absolute atomic E-state index is 0.839. The maximum absolute atomic E-state index is 5.82. The number of hydrogen-bond acceptors (Lipinski definition) is 1. The fraction of sp³-hybridized carbons (Fsp3) is 0.143. The van der Waals surface area contributed by atoms with Gasteiger partial charge < -0.3 is 4.74 Å². The van der Waals surface area contributed by atoms with Gasteiger partial charge in [-0.3, -0.25) is 0 Å². The Morgan fingerprint density at radius 2 is 1.24 bits per heavy atom. The van der Waals surface area contributed by atoms with E-state index in [9.17, 15) is 0 Å². The minimum Gasteiger partial charge on any atom is -0.457 e. The van der Waals surface area contributed by atoms with Crippen molar-refractivity contribution in [2.24, 2.45) is 0 Å². The molecule has 2 rings (SSSR count). The van der Waals surface area contributed by atoms with Gasteiger partial charge in [-0.25, -0.2) is 0 Å². The molecule has 1 nitrogen and oxygen atoms in total. The molecular weight excluding hydrogens is 344 g/mol. The zero-order valence-electron chi connectivity index (χ0n) is 9.20. The maximum Gasteiger partial charge on any atom is 0.127 e. The van der Waals surface area contributed by atoms with E-state index in [4.69, 9.17) is 4.74 Å². The largest absolute Gasteiger partial charge is 0.457 e. The summed E-state index contributed by atoms with van der Waals surface area (Å²) in [7, 11) is 0. The van der Waals surface area contributed by atoms with Gasteiger partial charge in [0, 0.05) is 10.7 Å². The van der Waals surface area contributed by atoms with E-state index in [1.54, 1.807) is 0 Å². The number of ether oxygens (including phenoxy) is 1. The van der Waals surface area contributed by atoms with Crippen molar-refractivity contribution in [3.63, 3.8) is 0 Å². The quantitative estimate of drug-likeness (QED) is 0.679. The molecule has 0 saturated carbocycles. The van der Waals surface area contributed by atoms with Crippen LogP contribution in [0.4, 0.5) is 0 Å². The van der Waals surface area contributed by atoms with E-state index < -0.39 is 0 Å². The number of rotatable bonds is 4. The topological polar surface area (TPSA) is 9.23 Å². The second-order valence-electron chi connectivity index (χ2n) is 3.66. The summed E-state index contributed by atoms with van der Waals surface area (Å²) in [5.74, 6) is 1.74. The van der Waals surface area contributed by atoms with Gasteiger partial charge in [-0.1, -0.05) is 56.1 Å². The Bertz CT molecular complexity index is 452. The van der Waals surface area contributed by atoms with Gasteiger partial charge >= 0.3 is 0 Å². The fourth-order valence-corrected chi connectivity index (χ4v) is 2.22. The molecule has 2 aromatic rings. The maximum atomic E-state index is 5.82. The molecule has 0 spiro atoms. The normalized spacial score (nSPS) is 10.2. The van der Waals surface area contributed by atoms with Gasteiger partial charge in [0.2, 0.25) is 0 Å². The number of hydrogen-bond donors (Lipinski definition) is 0. The van der Waals surface area contributed by atoms with E-state index in [1.807, 2.05) is 36.4 Å². The van der Waals surface area contributed by atoms with Crippen LogP contribution in [0.5, 0.6) is 11.5 Å². The molecule has 3 heteroatoms. The van der Waals surface area contributed by atoms with Crippen LogP contribution >= 0.6 is 31.9 Å². The third-order valence-corrected chi connectivity index (χ3v) is 3.64. The Morgan fingerprint density at radius 3 is 1.65 bits per heavy atom. The second kappa shape index (κ2) is 6.22. The first-order valence-electron chi connectivity index (χ1n) is 5.29. The molecule has 0 radical (unpaired) electrons. The summed E-state index contributed by atoms with van der Waals surface area (Å²) in [5.41, 5.74) is 2.42. The summed E-state index contributed by atoms with van der Waals surface area (Å²) in [6, 6.07) is 16.1. The van der Waals surface area contributed by atoms with Crippen LogP contribution in [-0.2, 0) is 10.7 Å². The van der Waals surface area contributed by atoms with Crippen molar-refractivity contribution in [3.8, 4) is 11.5 Å². The number of benzene rings is 2. The summed E-state index contributed by atoms with van der Waals surface area (Å²) in [6.07, 6.45) is 0. The second-order valence-corrected chi connectivity index (χ2v) is 4.79. The monoisotopic (exact) mass is 354 g/mol. The first-order chi connectivity index (χ1) is 8.31. The lowest BCUT2D eigenvalue weighted by Gasteiger charge is -2.07. The van der Waals surface area contributed by atoms with Crippen molar-refractivity contribution in [1.29, 1.82) is 0 Å². The van der Waals surface area contributed by atoms with Crippen LogP contribution in [-0.4, -0.2) is 0 Å². The molecule has 2 aromatic carbocycles. The number of alkyl halides is 2. The lowest BCUT2D eigenvalue weighted by molar-refractivity contribution is 0.482.